The SMILES string of the molecule is CC(C)(CN)NCc1cc[nH]c1. The predicted octanol–water partition coefficient (Wildman–Crippen LogP) is 0.842. The molecule has 0 atom stereocenters. The minimum Gasteiger partial charge on any atom is -0.367 e. The molecule has 0 aliphatic carbocycles. The molecule has 68 valence electrons. The highest BCUT2D eigenvalue weighted by Gasteiger charge is 2.13. The van der Waals surface area contributed by atoms with Crippen molar-refractivity contribution in [2.45, 2.75) is 25.9 Å². The van der Waals surface area contributed by atoms with E-state index in [0.29, 0.717) is 6.54 Å². The first kappa shape index (κ1) is 9.29. The van der Waals surface area contributed by atoms with E-state index in [1.165, 1.54) is 5.56 Å². The zero-order valence-electron chi connectivity index (χ0n) is 7.72. The number of nitrogens with one attached hydrogen (secondary N) is 2. The summed E-state index contributed by atoms with van der Waals surface area (Å²) in [6.45, 7) is 5.71. The maximum Gasteiger partial charge on any atom is 0.0250 e. The lowest BCUT2D eigenvalue weighted by Crippen LogP contribution is -2.45. The molecular weight excluding hydrogens is 150 g/mol. The average molecular weight is 167 g/mol. The van der Waals surface area contributed by atoms with Gasteiger partial charge in [0.1, 0.15) is 0 Å². The Hall–Kier alpha value is -0.800. The third-order valence-electron chi connectivity index (χ3n) is 1.94. The number of aromatic nitrogens is 1. The Bertz CT molecular complexity index is 214. The molecule has 0 aliphatic rings. The van der Waals surface area contributed by atoms with Gasteiger partial charge < -0.3 is 16.0 Å². The van der Waals surface area contributed by atoms with E-state index in [4.69, 9.17) is 5.73 Å². The molecule has 0 bridgehead atoms. The van der Waals surface area contributed by atoms with Crippen molar-refractivity contribution in [1.29, 1.82) is 0 Å². The molecule has 1 heterocycles. The van der Waals surface area contributed by atoms with Crippen molar-refractivity contribution in [3.63, 3.8) is 0 Å². The van der Waals surface area contributed by atoms with Crippen LogP contribution in [0.5, 0.6) is 0 Å². The Morgan fingerprint density at radius 1 is 1.58 bits per heavy atom. The molecule has 1 aromatic heterocycles. The lowest BCUT2D eigenvalue weighted by atomic mass is 10.1. The molecule has 12 heavy (non-hydrogen) atoms. The number of hydrogen-bond acceptors (Lipinski definition) is 2. The van der Waals surface area contributed by atoms with Crippen molar-refractivity contribution in [3.8, 4) is 0 Å². The molecule has 3 heteroatoms. The monoisotopic (exact) mass is 167 g/mol. The summed E-state index contributed by atoms with van der Waals surface area (Å²) >= 11 is 0. The third-order valence-corrected chi connectivity index (χ3v) is 1.94. The summed E-state index contributed by atoms with van der Waals surface area (Å²) in [6.07, 6.45) is 3.91. The summed E-state index contributed by atoms with van der Waals surface area (Å²) in [7, 11) is 0. The van der Waals surface area contributed by atoms with Crippen LogP contribution in [-0.2, 0) is 6.54 Å². The summed E-state index contributed by atoms with van der Waals surface area (Å²) in [6, 6.07) is 2.06. The van der Waals surface area contributed by atoms with Gasteiger partial charge in [0, 0.05) is 31.0 Å². The van der Waals surface area contributed by atoms with Gasteiger partial charge in [0.05, 0.1) is 0 Å². The lowest BCUT2D eigenvalue weighted by molar-refractivity contribution is 0.397. The second-order valence-electron chi connectivity index (χ2n) is 3.66. The fourth-order valence-corrected chi connectivity index (χ4v) is 0.882. The van der Waals surface area contributed by atoms with E-state index in [9.17, 15) is 0 Å². The van der Waals surface area contributed by atoms with Crippen LogP contribution < -0.4 is 11.1 Å². The fourth-order valence-electron chi connectivity index (χ4n) is 0.882. The smallest absolute Gasteiger partial charge is 0.0250 e. The molecule has 3 nitrogen and oxygen atoms in total. The number of hydrogen-bond donors (Lipinski definition) is 3. The number of nitrogens with two attached hydrogens (primary N) is 1. The van der Waals surface area contributed by atoms with Crippen LogP contribution in [-0.4, -0.2) is 17.1 Å². The molecular formula is C9H17N3. The lowest BCUT2D eigenvalue weighted by Gasteiger charge is -2.23. The predicted molar refractivity (Wildman–Crippen MR) is 50.8 cm³/mol. The number of rotatable bonds is 4. The summed E-state index contributed by atoms with van der Waals surface area (Å²) in [5, 5.41) is 3.37. The van der Waals surface area contributed by atoms with Gasteiger partial charge in [0.2, 0.25) is 0 Å². The van der Waals surface area contributed by atoms with E-state index < -0.39 is 0 Å². The molecule has 0 unspecified atom stereocenters. The summed E-state index contributed by atoms with van der Waals surface area (Å²) in [5.41, 5.74) is 6.86. The first-order chi connectivity index (χ1) is 5.64. The Labute approximate surface area is 73.4 Å². The van der Waals surface area contributed by atoms with E-state index in [0.717, 1.165) is 6.54 Å². The normalized spacial score (nSPS) is 11.9. The zero-order chi connectivity index (χ0) is 9.03. The molecule has 1 rings (SSSR count). The van der Waals surface area contributed by atoms with Crippen molar-refractivity contribution in [2.24, 2.45) is 5.73 Å². The second kappa shape index (κ2) is 3.74. The van der Waals surface area contributed by atoms with E-state index in [1.807, 2.05) is 12.4 Å². The van der Waals surface area contributed by atoms with Crippen LogP contribution in [0.2, 0.25) is 0 Å². The highest BCUT2D eigenvalue weighted by molar-refractivity contribution is 5.08. The van der Waals surface area contributed by atoms with Crippen LogP contribution in [0.4, 0.5) is 0 Å². The van der Waals surface area contributed by atoms with E-state index in [-0.39, 0.29) is 5.54 Å². The average Bonchev–Trinajstić information content (AvgIpc) is 2.53. The molecule has 0 spiro atoms. The van der Waals surface area contributed by atoms with Gasteiger partial charge in [-0.05, 0) is 25.5 Å². The number of H-pyrrole nitrogens is 1. The zero-order valence-corrected chi connectivity index (χ0v) is 7.72. The van der Waals surface area contributed by atoms with E-state index in [1.54, 1.807) is 0 Å². The molecule has 0 saturated heterocycles. The summed E-state index contributed by atoms with van der Waals surface area (Å²) < 4.78 is 0. The third kappa shape index (κ3) is 2.68. The van der Waals surface area contributed by atoms with Crippen molar-refractivity contribution < 1.29 is 0 Å². The fraction of sp³-hybridized carbons (Fsp3) is 0.556. The summed E-state index contributed by atoms with van der Waals surface area (Å²) in [5.74, 6) is 0. The first-order valence-corrected chi connectivity index (χ1v) is 4.21. The maximum atomic E-state index is 5.58. The van der Waals surface area contributed by atoms with Gasteiger partial charge in [-0.1, -0.05) is 0 Å². The van der Waals surface area contributed by atoms with Gasteiger partial charge in [0.25, 0.3) is 0 Å². The van der Waals surface area contributed by atoms with Crippen molar-refractivity contribution >= 4 is 0 Å². The standard InChI is InChI=1S/C9H17N3/c1-9(2,7-10)12-6-8-3-4-11-5-8/h3-5,11-12H,6-7,10H2,1-2H3. The first-order valence-electron chi connectivity index (χ1n) is 4.21. The minimum absolute atomic E-state index is 0.0251. The van der Waals surface area contributed by atoms with Crippen LogP contribution in [0.25, 0.3) is 0 Å². The van der Waals surface area contributed by atoms with Gasteiger partial charge in [0.15, 0.2) is 0 Å². The van der Waals surface area contributed by atoms with Crippen LogP contribution >= 0.6 is 0 Å². The molecule has 0 amide bonds. The van der Waals surface area contributed by atoms with E-state index >= 15 is 0 Å². The second-order valence-corrected chi connectivity index (χ2v) is 3.66. The molecule has 0 aromatic carbocycles. The van der Waals surface area contributed by atoms with Gasteiger partial charge in [-0.25, -0.2) is 0 Å². The molecule has 1 aromatic rings. The quantitative estimate of drug-likeness (QED) is 0.622. The van der Waals surface area contributed by atoms with E-state index in [2.05, 4.69) is 30.2 Å². The van der Waals surface area contributed by atoms with Crippen LogP contribution in [0.3, 0.4) is 0 Å². The van der Waals surface area contributed by atoms with Crippen molar-refractivity contribution in [1.82, 2.24) is 10.3 Å². The van der Waals surface area contributed by atoms with Crippen molar-refractivity contribution in [3.05, 3.63) is 24.0 Å². The summed E-state index contributed by atoms with van der Waals surface area (Å²) in [4.78, 5) is 3.01. The molecule has 0 radical (unpaired) electrons. The van der Waals surface area contributed by atoms with Crippen LogP contribution in [0.1, 0.15) is 19.4 Å². The maximum absolute atomic E-state index is 5.58. The van der Waals surface area contributed by atoms with Crippen LogP contribution in [0.15, 0.2) is 18.5 Å². The Morgan fingerprint density at radius 2 is 2.33 bits per heavy atom. The van der Waals surface area contributed by atoms with Crippen LogP contribution in [0, 0.1) is 0 Å². The van der Waals surface area contributed by atoms with Gasteiger partial charge >= 0.3 is 0 Å². The topological polar surface area (TPSA) is 53.8 Å². The van der Waals surface area contributed by atoms with Gasteiger partial charge in [-0.3, -0.25) is 0 Å². The minimum atomic E-state index is 0.0251. The Morgan fingerprint density at radius 3 is 2.83 bits per heavy atom. The van der Waals surface area contributed by atoms with Crippen molar-refractivity contribution in [2.75, 3.05) is 6.54 Å². The Balaban J connectivity index is 2.36. The molecule has 0 fully saturated rings. The highest BCUT2D eigenvalue weighted by atomic mass is 15.0. The molecule has 0 aliphatic heterocycles. The molecule has 4 N–H and O–H groups in total. The highest BCUT2D eigenvalue weighted by Crippen LogP contribution is 2.02. The Kier molecular flexibility index (Phi) is 2.89. The molecule has 0 saturated carbocycles. The largest absolute Gasteiger partial charge is 0.367 e. The van der Waals surface area contributed by atoms with Gasteiger partial charge in [-0.15, -0.1) is 0 Å². The van der Waals surface area contributed by atoms with Gasteiger partial charge in [-0.2, -0.15) is 0 Å². The number of aromatic amines is 1.